The van der Waals surface area contributed by atoms with Gasteiger partial charge in [0.2, 0.25) is 15.9 Å². The second-order valence-electron chi connectivity index (χ2n) is 8.78. The molecule has 0 aliphatic rings. The lowest BCUT2D eigenvalue weighted by Crippen LogP contribution is -2.47. The first-order valence-electron chi connectivity index (χ1n) is 11.9. The van der Waals surface area contributed by atoms with E-state index in [-0.39, 0.29) is 12.3 Å². The summed E-state index contributed by atoms with van der Waals surface area (Å²) in [6, 6.07) is 20.8. The zero-order valence-electron chi connectivity index (χ0n) is 21.1. The maximum absolute atomic E-state index is 13.4. The Hall–Kier alpha value is -3.65. The Morgan fingerprint density at radius 1 is 0.917 bits per heavy atom. The molecule has 0 aliphatic carbocycles. The second kappa shape index (κ2) is 11.9. The molecule has 0 heterocycles. The third kappa shape index (κ3) is 6.73. The molecule has 0 aliphatic heterocycles. The first-order valence-corrected chi connectivity index (χ1v) is 13.7. The zero-order valence-corrected chi connectivity index (χ0v) is 21.9. The van der Waals surface area contributed by atoms with Crippen LogP contribution < -0.4 is 14.9 Å². The van der Waals surface area contributed by atoms with E-state index in [1.807, 2.05) is 50.2 Å². The summed E-state index contributed by atoms with van der Waals surface area (Å²) < 4.78 is 26.7. The van der Waals surface area contributed by atoms with Crippen LogP contribution in [0.2, 0.25) is 0 Å². The van der Waals surface area contributed by atoms with Gasteiger partial charge >= 0.3 is 0 Å². The van der Waals surface area contributed by atoms with Crippen LogP contribution in [0.25, 0.3) is 0 Å². The van der Waals surface area contributed by atoms with E-state index in [4.69, 9.17) is 0 Å². The molecule has 0 fully saturated rings. The molecule has 0 saturated carbocycles. The van der Waals surface area contributed by atoms with Crippen molar-refractivity contribution in [3.8, 4) is 0 Å². The summed E-state index contributed by atoms with van der Waals surface area (Å²) in [6.07, 6.45) is 2.02. The van der Waals surface area contributed by atoms with E-state index < -0.39 is 22.0 Å². The standard InChI is InChI=1S/C28H33N3O4S/c1-5-26(31(36(4,34)35)23-16-15-20(2)21(3)19-23)28(33)30-25-14-10-9-13-24(25)27(32)29-18-17-22-11-7-6-8-12-22/h6-16,19,26H,5,17-18H2,1-4H3,(H,29,32)(H,30,33). The van der Waals surface area contributed by atoms with E-state index in [2.05, 4.69) is 10.6 Å². The summed E-state index contributed by atoms with van der Waals surface area (Å²) in [7, 11) is -3.77. The van der Waals surface area contributed by atoms with Gasteiger partial charge in [-0.15, -0.1) is 0 Å². The van der Waals surface area contributed by atoms with Crippen LogP contribution >= 0.6 is 0 Å². The number of rotatable bonds is 10. The molecule has 0 bridgehead atoms. The Kier molecular flexibility index (Phi) is 8.88. The normalized spacial score (nSPS) is 12.0. The minimum Gasteiger partial charge on any atom is -0.352 e. The molecule has 190 valence electrons. The molecule has 2 amide bonds. The minimum absolute atomic E-state index is 0.247. The Labute approximate surface area is 213 Å². The van der Waals surface area contributed by atoms with Crippen molar-refractivity contribution in [1.29, 1.82) is 0 Å². The highest BCUT2D eigenvalue weighted by Gasteiger charge is 2.32. The van der Waals surface area contributed by atoms with Gasteiger partial charge in [0.1, 0.15) is 6.04 Å². The van der Waals surface area contributed by atoms with Crippen molar-refractivity contribution >= 4 is 33.2 Å². The molecule has 0 saturated heterocycles. The smallest absolute Gasteiger partial charge is 0.253 e. The van der Waals surface area contributed by atoms with Gasteiger partial charge in [0.25, 0.3) is 5.91 Å². The number of carbonyl (C=O) groups excluding carboxylic acids is 2. The van der Waals surface area contributed by atoms with Crippen molar-refractivity contribution in [3.05, 3.63) is 95.1 Å². The molecule has 1 unspecified atom stereocenters. The minimum atomic E-state index is -3.77. The molecule has 0 aromatic heterocycles. The number of carbonyl (C=O) groups is 2. The molecule has 0 spiro atoms. The van der Waals surface area contributed by atoms with Gasteiger partial charge in [0, 0.05) is 6.54 Å². The predicted molar refractivity (Wildman–Crippen MR) is 145 cm³/mol. The van der Waals surface area contributed by atoms with Gasteiger partial charge in [-0.05, 0) is 67.6 Å². The van der Waals surface area contributed by atoms with Gasteiger partial charge in [-0.2, -0.15) is 0 Å². The van der Waals surface area contributed by atoms with Crippen molar-refractivity contribution in [2.45, 2.75) is 39.7 Å². The van der Waals surface area contributed by atoms with Crippen LogP contribution in [0.3, 0.4) is 0 Å². The monoisotopic (exact) mass is 507 g/mol. The number of nitrogens with zero attached hydrogens (tertiary/aromatic N) is 1. The average Bonchev–Trinajstić information content (AvgIpc) is 2.84. The summed E-state index contributed by atoms with van der Waals surface area (Å²) in [4.78, 5) is 26.3. The molecule has 8 heteroatoms. The van der Waals surface area contributed by atoms with E-state index in [0.29, 0.717) is 29.9 Å². The summed E-state index contributed by atoms with van der Waals surface area (Å²) >= 11 is 0. The fourth-order valence-corrected chi connectivity index (χ4v) is 5.19. The van der Waals surface area contributed by atoms with Crippen molar-refractivity contribution in [2.24, 2.45) is 0 Å². The first kappa shape index (κ1) is 26.9. The van der Waals surface area contributed by atoms with Crippen molar-refractivity contribution < 1.29 is 18.0 Å². The highest BCUT2D eigenvalue weighted by Crippen LogP contribution is 2.26. The van der Waals surface area contributed by atoms with E-state index in [1.54, 1.807) is 43.3 Å². The number of anilines is 2. The predicted octanol–water partition coefficient (Wildman–Crippen LogP) is 4.46. The number of benzene rings is 3. The maximum Gasteiger partial charge on any atom is 0.253 e. The Bertz CT molecular complexity index is 1320. The van der Waals surface area contributed by atoms with E-state index in [0.717, 1.165) is 27.3 Å². The van der Waals surface area contributed by atoms with Crippen LogP contribution in [0.5, 0.6) is 0 Å². The van der Waals surface area contributed by atoms with Crippen LogP contribution in [0.15, 0.2) is 72.8 Å². The molecule has 0 radical (unpaired) electrons. The Balaban J connectivity index is 1.80. The van der Waals surface area contributed by atoms with Crippen LogP contribution in [0.1, 0.15) is 40.4 Å². The number of nitrogens with one attached hydrogen (secondary N) is 2. The van der Waals surface area contributed by atoms with E-state index >= 15 is 0 Å². The SMILES string of the molecule is CCC(C(=O)Nc1ccccc1C(=O)NCCc1ccccc1)N(c1ccc(C)c(C)c1)S(C)(=O)=O. The average molecular weight is 508 g/mol. The summed E-state index contributed by atoms with van der Waals surface area (Å²) in [5.41, 5.74) is 4.12. The summed E-state index contributed by atoms with van der Waals surface area (Å²) in [5.74, 6) is -0.824. The first-order chi connectivity index (χ1) is 17.1. The lowest BCUT2D eigenvalue weighted by molar-refractivity contribution is -0.117. The van der Waals surface area contributed by atoms with Gasteiger partial charge in [-0.3, -0.25) is 13.9 Å². The topological polar surface area (TPSA) is 95.6 Å². The number of hydrogen-bond acceptors (Lipinski definition) is 4. The highest BCUT2D eigenvalue weighted by atomic mass is 32.2. The van der Waals surface area contributed by atoms with E-state index in [1.165, 1.54) is 0 Å². The Morgan fingerprint density at radius 2 is 1.58 bits per heavy atom. The van der Waals surface area contributed by atoms with Gasteiger partial charge in [0.15, 0.2) is 0 Å². The van der Waals surface area contributed by atoms with Crippen molar-refractivity contribution in [1.82, 2.24) is 5.32 Å². The van der Waals surface area contributed by atoms with Gasteiger partial charge in [-0.1, -0.05) is 55.5 Å². The third-order valence-electron chi connectivity index (χ3n) is 6.05. The molecule has 7 nitrogen and oxygen atoms in total. The largest absolute Gasteiger partial charge is 0.352 e. The van der Waals surface area contributed by atoms with Crippen LogP contribution in [0.4, 0.5) is 11.4 Å². The lowest BCUT2D eigenvalue weighted by Gasteiger charge is -2.30. The molecule has 36 heavy (non-hydrogen) atoms. The Morgan fingerprint density at radius 3 is 2.22 bits per heavy atom. The molecule has 1 atom stereocenters. The number of para-hydroxylation sites is 1. The van der Waals surface area contributed by atoms with Crippen molar-refractivity contribution in [2.75, 3.05) is 22.4 Å². The summed E-state index contributed by atoms with van der Waals surface area (Å²) in [5, 5.41) is 5.69. The quantitative estimate of drug-likeness (QED) is 0.424. The third-order valence-corrected chi connectivity index (χ3v) is 7.23. The molecule has 3 aromatic rings. The summed E-state index contributed by atoms with van der Waals surface area (Å²) in [6.45, 7) is 6.03. The van der Waals surface area contributed by atoms with Gasteiger partial charge < -0.3 is 10.6 Å². The van der Waals surface area contributed by atoms with Crippen LogP contribution in [-0.4, -0.2) is 39.1 Å². The van der Waals surface area contributed by atoms with Gasteiger partial charge in [0.05, 0.1) is 23.2 Å². The molecule has 3 rings (SSSR count). The number of amides is 2. The molecular formula is C28H33N3O4S. The molecule has 2 N–H and O–H groups in total. The number of aryl methyl sites for hydroxylation is 2. The fourth-order valence-electron chi connectivity index (χ4n) is 3.99. The highest BCUT2D eigenvalue weighted by molar-refractivity contribution is 7.92. The van der Waals surface area contributed by atoms with Crippen LogP contribution in [-0.2, 0) is 21.2 Å². The van der Waals surface area contributed by atoms with Crippen molar-refractivity contribution in [3.63, 3.8) is 0 Å². The number of sulfonamides is 1. The zero-order chi connectivity index (χ0) is 26.3. The van der Waals surface area contributed by atoms with Crippen LogP contribution in [0, 0.1) is 13.8 Å². The number of hydrogen-bond donors (Lipinski definition) is 2. The second-order valence-corrected chi connectivity index (χ2v) is 10.6. The fraction of sp³-hybridized carbons (Fsp3) is 0.286. The van der Waals surface area contributed by atoms with E-state index in [9.17, 15) is 18.0 Å². The van der Waals surface area contributed by atoms with Gasteiger partial charge in [-0.25, -0.2) is 8.42 Å². The lowest BCUT2D eigenvalue weighted by atomic mass is 10.1. The maximum atomic E-state index is 13.4. The molecule has 3 aromatic carbocycles. The molecular weight excluding hydrogens is 474 g/mol.